The Morgan fingerprint density at radius 2 is 1.55 bits per heavy atom. The van der Waals surface area contributed by atoms with Gasteiger partial charge in [0.15, 0.2) is 0 Å². The van der Waals surface area contributed by atoms with Gasteiger partial charge in [0, 0.05) is 25.7 Å². The second kappa shape index (κ2) is 7.02. The topological polar surface area (TPSA) is 15.3 Å². The minimum atomic E-state index is -0.499. The van der Waals surface area contributed by atoms with Crippen molar-refractivity contribution in [3.05, 3.63) is 29.3 Å². The van der Waals surface area contributed by atoms with Gasteiger partial charge in [0.2, 0.25) is 0 Å². The van der Waals surface area contributed by atoms with E-state index in [9.17, 15) is 8.78 Å². The lowest BCUT2D eigenvalue weighted by Crippen LogP contribution is -2.34. The molecule has 0 bridgehead atoms. The summed E-state index contributed by atoms with van der Waals surface area (Å²) in [6.07, 6.45) is 0. The van der Waals surface area contributed by atoms with Gasteiger partial charge in [-0.05, 0) is 30.5 Å². The first-order valence-electron chi connectivity index (χ1n) is 7.18. The van der Waals surface area contributed by atoms with Crippen molar-refractivity contribution in [1.82, 2.24) is 5.32 Å². The average Bonchev–Trinajstić information content (AvgIpc) is 2.34. The van der Waals surface area contributed by atoms with Crippen LogP contribution in [0.15, 0.2) is 12.1 Å². The standard InChI is InChI=1S/C16H26F2N2/c1-10(2)12(5)20(6)16-14(17)7-13(8-15(16)18)9-19-11(3)4/h7-8,10-12,19H,9H2,1-6H3. The van der Waals surface area contributed by atoms with E-state index in [-0.39, 0.29) is 17.8 Å². The number of rotatable bonds is 6. The van der Waals surface area contributed by atoms with E-state index in [1.807, 2.05) is 34.6 Å². The highest BCUT2D eigenvalue weighted by molar-refractivity contribution is 5.51. The number of nitrogens with one attached hydrogen (secondary N) is 1. The van der Waals surface area contributed by atoms with Crippen molar-refractivity contribution in [3.63, 3.8) is 0 Å². The van der Waals surface area contributed by atoms with E-state index >= 15 is 0 Å². The molecule has 0 radical (unpaired) electrons. The van der Waals surface area contributed by atoms with E-state index in [0.29, 0.717) is 18.0 Å². The zero-order valence-corrected chi connectivity index (χ0v) is 13.3. The van der Waals surface area contributed by atoms with Crippen LogP contribution in [0.2, 0.25) is 0 Å². The maximum absolute atomic E-state index is 14.2. The Kier molecular flexibility index (Phi) is 5.93. The maximum atomic E-state index is 14.2. The van der Waals surface area contributed by atoms with Crippen molar-refractivity contribution in [2.24, 2.45) is 5.92 Å². The quantitative estimate of drug-likeness (QED) is 0.851. The van der Waals surface area contributed by atoms with Gasteiger partial charge in [-0.2, -0.15) is 0 Å². The molecule has 4 heteroatoms. The summed E-state index contributed by atoms with van der Waals surface area (Å²) in [7, 11) is 1.73. The molecule has 0 aromatic heterocycles. The van der Waals surface area contributed by atoms with E-state index in [1.165, 1.54) is 12.1 Å². The van der Waals surface area contributed by atoms with Crippen molar-refractivity contribution in [2.45, 2.75) is 53.2 Å². The van der Waals surface area contributed by atoms with Crippen LogP contribution < -0.4 is 10.2 Å². The summed E-state index contributed by atoms with van der Waals surface area (Å²) in [5.74, 6) is -0.679. The van der Waals surface area contributed by atoms with Crippen LogP contribution in [0.5, 0.6) is 0 Å². The summed E-state index contributed by atoms with van der Waals surface area (Å²) in [4.78, 5) is 1.68. The number of nitrogens with zero attached hydrogens (tertiary/aromatic N) is 1. The van der Waals surface area contributed by atoms with Crippen molar-refractivity contribution in [1.29, 1.82) is 0 Å². The van der Waals surface area contributed by atoms with Gasteiger partial charge in [0.1, 0.15) is 17.3 Å². The molecule has 0 aliphatic heterocycles. The van der Waals surface area contributed by atoms with Crippen LogP contribution in [-0.2, 0) is 6.54 Å². The summed E-state index contributed by atoms with van der Waals surface area (Å²) >= 11 is 0. The highest BCUT2D eigenvalue weighted by Gasteiger charge is 2.21. The molecule has 0 amide bonds. The molecule has 1 aromatic carbocycles. The summed E-state index contributed by atoms with van der Waals surface area (Å²) in [5.41, 5.74) is 0.683. The molecular weight excluding hydrogens is 258 g/mol. The number of halogens is 2. The molecule has 2 nitrogen and oxygen atoms in total. The summed E-state index contributed by atoms with van der Waals surface area (Å²) in [6.45, 7) is 10.5. The lowest BCUT2D eigenvalue weighted by molar-refractivity contribution is 0.484. The Labute approximate surface area is 121 Å². The van der Waals surface area contributed by atoms with E-state index < -0.39 is 11.6 Å². The summed E-state index contributed by atoms with van der Waals surface area (Å²) < 4.78 is 28.4. The first-order chi connectivity index (χ1) is 9.23. The highest BCUT2D eigenvalue weighted by atomic mass is 19.1. The summed E-state index contributed by atoms with van der Waals surface area (Å²) in [5, 5.41) is 3.16. The molecule has 1 atom stereocenters. The Hall–Kier alpha value is -1.16. The molecular formula is C16H26F2N2. The van der Waals surface area contributed by atoms with Gasteiger partial charge in [-0.15, -0.1) is 0 Å². The van der Waals surface area contributed by atoms with Gasteiger partial charge in [0.25, 0.3) is 0 Å². The molecule has 20 heavy (non-hydrogen) atoms. The zero-order chi connectivity index (χ0) is 15.4. The lowest BCUT2D eigenvalue weighted by atomic mass is 10.0. The SMILES string of the molecule is CC(C)NCc1cc(F)c(N(C)C(C)C(C)C)c(F)c1. The van der Waals surface area contributed by atoms with Crippen LogP contribution in [0.4, 0.5) is 14.5 Å². The lowest BCUT2D eigenvalue weighted by Gasteiger charge is -2.30. The minimum Gasteiger partial charge on any atom is -0.367 e. The molecule has 0 saturated heterocycles. The third kappa shape index (κ3) is 4.17. The molecule has 1 aromatic rings. The van der Waals surface area contributed by atoms with Crippen LogP contribution in [0, 0.1) is 17.6 Å². The molecule has 114 valence electrons. The Morgan fingerprint density at radius 1 is 1.05 bits per heavy atom. The number of hydrogen-bond donors (Lipinski definition) is 1. The first kappa shape index (κ1) is 16.9. The molecule has 0 fully saturated rings. The van der Waals surface area contributed by atoms with Gasteiger partial charge in [-0.1, -0.05) is 27.7 Å². The van der Waals surface area contributed by atoms with Crippen LogP contribution in [0.1, 0.15) is 40.2 Å². The van der Waals surface area contributed by atoms with Gasteiger partial charge < -0.3 is 10.2 Å². The zero-order valence-electron chi connectivity index (χ0n) is 13.3. The van der Waals surface area contributed by atoms with Gasteiger partial charge >= 0.3 is 0 Å². The minimum absolute atomic E-state index is 0.0551. The third-order valence-corrected chi connectivity index (χ3v) is 3.72. The first-order valence-corrected chi connectivity index (χ1v) is 7.18. The Morgan fingerprint density at radius 3 is 1.95 bits per heavy atom. The van der Waals surface area contributed by atoms with Crippen molar-refractivity contribution < 1.29 is 8.78 Å². The second-order valence-electron chi connectivity index (χ2n) is 6.04. The smallest absolute Gasteiger partial charge is 0.149 e. The predicted molar refractivity (Wildman–Crippen MR) is 81.0 cm³/mol. The molecule has 0 spiro atoms. The Bertz CT molecular complexity index is 421. The molecule has 0 heterocycles. The monoisotopic (exact) mass is 284 g/mol. The number of hydrogen-bond acceptors (Lipinski definition) is 2. The predicted octanol–water partition coefficient (Wildman–Crippen LogP) is 3.94. The summed E-state index contributed by atoms with van der Waals surface area (Å²) in [6, 6.07) is 3.18. The van der Waals surface area contributed by atoms with Gasteiger partial charge in [-0.25, -0.2) is 8.78 Å². The maximum Gasteiger partial charge on any atom is 0.149 e. The van der Waals surface area contributed by atoms with Crippen LogP contribution in [0.3, 0.4) is 0 Å². The van der Waals surface area contributed by atoms with E-state index in [1.54, 1.807) is 11.9 Å². The molecule has 0 aliphatic carbocycles. The van der Waals surface area contributed by atoms with E-state index in [4.69, 9.17) is 0 Å². The van der Waals surface area contributed by atoms with Crippen molar-refractivity contribution >= 4 is 5.69 Å². The fourth-order valence-electron chi connectivity index (χ4n) is 2.03. The molecule has 0 aliphatic rings. The van der Waals surface area contributed by atoms with Crippen molar-refractivity contribution in [2.75, 3.05) is 11.9 Å². The molecule has 0 saturated carbocycles. The molecule has 1 N–H and O–H groups in total. The van der Waals surface area contributed by atoms with Crippen molar-refractivity contribution in [3.8, 4) is 0 Å². The normalized spacial score (nSPS) is 13.1. The third-order valence-electron chi connectivity index (χ3n) is 3.72. The second-order valence-corrected chi connectivity index (χ2v) is 6.04. The fraction of sp³-hybridized carbons (Fsp3) is 0.625. The molecule has 1 unspecified atom stereocenters. The number of anilines is 1. The molecule has 1 rings (SSSR count). The van der Waals surface area contributed by atoms with E-state index in [0.717, 1.165) is 0 Å². The van der Waals surface area contributed by atoms with Gasteiger partial charge in [0.05, 0.1) is 0 Å². The van der Waals surface area contributed by atoms with E-state index in [2.05, 4.69) is 5.32 Å². The average molecular weight is 284 g/mol. The van der Waals surface area contributed by atoms with Crippen LogP contribution in [-0.4, -0.2) is 19.1 Å². The fourth-order valence-corrected chi connectivity index (χ4v) is 2.03. The van der Waals surface area contributed by atoms with Crippen LogP contribution in [0.25, 0.3) is 0 Å². The van der Waals surface area contributed by atoms with Gasteiger partial charge in [-0.3, -0.25) is 0 Å². The largest absolute Gasteiger partial charge is 0.367 e. The number of benzene rings is 1. The Balaban J connectivity index is 2.99. The highest BCUT2D eigenvalue weighted by Crippen LogP contribution is 2.27. The van der Waals surface area contributed by atoms with Crippen LogP contribution >= 0.6 is 0 Å².